The van der Waals surface area contributed by atoms with Crippen molar-refractivity contribution in [2.75, 3.05) is 0 Å². The van der Waals surface area contributed by atoms with Gasteiger partial charge in [-0.05, 0) is 23.8 Å². The molecule has 1 heterocycles. The summed E-state index contributed by atoms with van der Waals surface area (Å²) < 4.78 is 2.99. The van der Waals surface area contributed by atoms with E-state index >= 15 is 0 Å². The summed E-state index contributed by atoms with van der Waals surface area (Å²) in [6.45, 7) is 0.634. The van der Waals surface area contributed by atoms with E-state index in [0.29, 0.717) is 12.1 Å². The molecule has 0 unspecified atom stereocenters. The highest BCUT2D eigenvalue weighted by Crippen LogP contribution is 2.24. The highest BCUT2D eigenvalue weighted by molar-refractivity contribution is 9.10. The molecule has 3 nitrogen and oxygen atoms in total. The van der Waals surface area contributed by atoms with E-state index in [1.807, 2.05) is 47.2 Å². The van der Waals surface area contributed by atoms with Crippen LogP contribution in [0.5, 0.6) is 0 Å². The van der Waals surface area contributed by atoms with Gasteiger partial charge in [-0.15, -0.1) is 0 Å². The van der Waals surface area contributed by atoms with Gasteiger partial charge in [0, 0.05) is 22.6 Å². The van der Waals surface area contributed by atoms with E-state index in [2.05, 4.69) is 15.9 Å². The molecule has 20 heavy (non-hydrogen) atoms. The zero-order chi connectivity index (χ0) is 14.1. The number of benzene rings is 2. The highest BCUT2D eigenvalue weighted by Gasteiger charge is 2.12. The lowest BCUT2D eigenvalue weighted by Gasteiger charge is -2.09. The van der Waals surface area contributed by atoms with Crippen molar-refractivity contribution in [2.45, 2.75) is 6.54 Å². The molecule has 1 N–H and O–H groups in total. The van der Waals surface area contributed by atoms with Gasteiger partial charge in [-0.25, -0.2) is 4.79 Å². The van der Waals surface area contributed by atoms with Crippen molar-refractivity contribution in [3.8, 4) is 0 Å². The molecule has 3 rings (SSSR count). The number of carboxylic acid groups (broad SMARTS) is 1. The van der Waals surface area contributed by atoms with Gasteiger partial charge in [0.1, 0.15) is 0 Å². The highest BCUT2D eigenvalue weighted by atomic mass is 79.9. The molecule has 2 aromatic carbocycles. The van der Waals surface area contributed by atoms with Crippen LogP contribution < -0.4 is 0 Å². The van der Waals surface area contributed by atoms with Crippen LogP contribution in [0.1, 0.15) is 15.9 Å². The lowest BCUT2D eigenvalue weighted by atomic mass is 10.1. The molecule has 0 saturated carbocycles. The van der Waals surface area contributed by atoms with Crippen molar-refractivity contribution >= 4 is 32.8 Å². The van der Waals surface area contributed by atoms with Gasteiger partial charge in [-0.2, -0.15) is 0 Å². The molecule has 0 spiro atoms. The molecule has 100 valence electrons. The Labute approximate surface area is 124 Å². The van der Waals surface area contributed by atoms with E-state index in [0.717, 1.165) is 20.9 Å². The minimum absolute atomic E-state index is 0.333. The number of hydrogen-bond acceptors (Lipinski definition) is 1. The smallest absolute Gasteiger partial charge is 0.337 e. The fourth-order valence-electron chi connectivity index (χ4n) is 2.38. The van der Waals surface area contributed by atoms with Crippen molar-refractivity contribution in [1.29, 1.82) is 0 Å². The maximum absolute atomic E-state index is 11.4. The quantitative estimate of drug-likeness (QED) is 0.784. The summed E-state index contributed by atoms with van der Waals surface area (Å²) in [6.07, 6.45) is 1.93. The average molecular weight is 330 g/mol. The van der Waals surface area contributed by atoms with Gasteiger partial charge in [-0.1, -0.05) is 46.3 Å². The molecule has 0 atom stereocenters. The second-order valence-corrected chi connectivity index (χ2v) is 5.44. The molecular formula is C16H12BrNO2. The maximum Gasteiger partial charge on any atom is 0.337 e. The predicted octanol–water partition coefficient (Wildman–Crippen LogP) is 4.15. The fourth-order valence-corrected chi connectivity index (χ4v) is 2.79. The van der Waals surface area contributed by atoms with Gasteiger partial charge in [-0.3, -0.25) is 0 Å². The summed E-state index contributed by atoms with van der Waals surface area (Å²) >= 11 is 3.52. The number of carbonyl (C=O) groups is 1. The molecule has 0 radical (unpaired) electrons. The van der Waals surface area contributed by atoms with Gasteiger partial charge >= 0.3 is 5.97 Å². The third kappa shape index (κ3) is 2.23. The summed E-state index contributed by atoms with van der Waals surface area (Å²) in [6, 6.07) is 15.2. The SMILES string of the molecule is O=C(O)c1cccc2ccn(Cc3ccccc3Br)c12. The monoisotopic (exact) mass is 329 g/mol. The molecule has 0 aliphatic carbocycles. The Morgan fingerprint density at radius 1 is 1.10 bits per heavy atom. The van der Waals surface area contributed by atoms with Crippen LogP contribution in [0.4, 0.5) is 0 Å². The molecule has 3 aromatic rings. The molecule has 0 bridgehead atoms. The van der Waals surface area contributed by atoms with Crippen LogP contribution in [-0.4, -0.2) is 15.6 Å². The molecule has 4 heteroatoms. The summed E-state index contributed by atoms with van der Waals surface area (Å²) in [4.78, 5) is 11.4. The van der Waals surface area contributed by atoms with Crippen LogP contribution in [0, 0.1) is 0 Å². The molecule has 0 amide bonds. The number of nitrogens with zero attached hydrogens (tertiary/aromatic N) is 1. The number of fused-ring (bicyclic) bond motifs is 1. The topological polar surface area (TPSA) is 42.2 Å². The van der Waals surface area contributed by atoms with Gasteiger partial charge in [0.15, 0.2) is 0 Å². The second kappa shape index (κ2) is 5.13. The normalized spacial score (nSPS) is 10.8. The van der Waals surface area contributed by atoms with Crippen LogP contribution >= 0.6 is 15.9 Å². The van der Waals surface area contributed by atoms with Crippen molar-refractivity contribution in [3.05, 3.63) is 70.3 Å². The van der Waals surface area contributed by atoms with E-state index in [1.165, 1.54) is 0 Å². The lowest BCUT2D eigenvalue weighted by molar-refractivity contribution is 0.0698. The number of para-hydroxylation sites is 1. The number of aromatic nitrogens is 1. The molecule has 0 fully saturated rings. The Morgan fingerprint density at radius 2 is 1.90 bits per heavy atom. The first-order valence-electron chi connectivity index (χ1n) is 6.21. The molecule has 0 aliphatic heterocycles. The summed E-state index contributed by atoms with van der Waals surface area (Å²) in [5.41, 5.74) is 2.21. The number of hydrogen-bond donors (Lipinski definition) is 1. The van der Waals surface area contributed by atoms with E-state index in [9.17, 15) is 9.90 Å². The minimum atomic E-state index is -0.900. The van der Waals surface area contributed by atoms with Crippen molar-refractivity contribution in [3.63, 3.8) is 0 Å². The third-order valence-electron chi connectivity index (χ3n) is 3.32. The summed E-state index contributed by atoms with van der Waals surface area (Å²) in [7, 11) is 0. The van der Waals surface area contributed by atoms with Gasteiger partial charge in [0.05, 0.1) is 11.1 Å². The Morgan fingerprint density at radius 3 is 2.65 bits per heavy atom. The van der Waals surface area contributed by atoms with E-state index in [-0.39, 0.29) is 0 Å². The van der Waals surface area contributed by atoms with Crippen LogP contribution in [0.15, 0.2) is 59.2 Å². The Balaban J connectivity index is 2.13. The first kappa shape index (κ1) is 12.9. The number of aromatic carboxylic acids is 1. The predicted molar refractivity (Wildman–Crippen MR) is 82.1 cm³/mol. The van der Waals surface area contributed by atoms with Crippen LogP contribution in [0.25, 0.3) is 10.9 Å². The number of rotatable bonds is 3. The zero-order valence-corrected chi connectivity index (χ0v) is 12.2. The van der Waals surface area contributed by atoms with Crippen LogP contribution in [0.2, 0.25) is 0 Å². The van der Waals surface area contributed by atoms with Crippen molar-refractivity contribution < 1.29 is 9.90 Å². The van der Waals surface area contributed by atoms with Gasteiger partial charge in [0.25, 0.3) is 0 Å². The number of carboxylic acids is 1. The third-order valence-corrected chi connectivity index (χ3v) is 4.09. The van der Waals surface area contributed by atoms with Crippen molar-refractivity contribution in [1.82, 2.24) is 4.57 Å². The second-order valence-electron chi connectivity index (χ2n) is 4.58. The Bertz CT molecular complexity index is 792. The standard InChI is InChI=1S/C16H12BrNO2/c17-14-7-2-1-4-12(14)10-18-9-8-11-5-3-6-13(15(11)18)16(19)20/h1-9H,10H2,(H,19,20). The Kier molecular flexibility index (Phi) is 3.32. The van der Waals surface area contributed by atoms with Gasteiger partial charge < -0.3 is 9.67 Å². The summed E-state index contributed by atoms with van der Waals surface area (Å²) in [5, 5.41) is 10.3. The molecular weight excluding hydrogens is 318 g/mol. The lowest BCUT2D eigenvalue weighted by Crippen LogP contribution is -2.04. The minimum Gasteiger partial charge on any atom is -0.478 e. The average Bonchev–Trinajstić information content (AvgIpc) is 2.84. The summed E-state index contributed by atoms with van der Waals surface area (Å²) in [5.74, 6) is -0.900. The van der Waals surface area contributed by atoms with Crippen LogP contribution in [-0.2, 0) is 6.54 Å². The van der Waals surface area contributed by atoms with E-state index in [1.54, 1.807) is 12.1 Å². The van der Waals surface area contributed by atoms with Crippen LogP contribution in [0.3, 0.4) is 0 Å². The zero-order valence-electron chi connectivity index (χ0n) is 10.6. The molecule has 1 aromatic heterocycles. The first-order valence-corrected chi connectivity index (χ1v) is 7.00. The van der Waals surface area contributed by atoms with Gasteiger partial charge in [0.2, 0.25) is 0 Å². The Hall–Kier alpha value is -2.07. The largest absolute Gasteiger partial charge is 0.478 e. The van der Waals surface area contributed by atoms with Crippen molar-refractivity contribution in [2.24, 2.45) is 0 Å². The molecule has 0 saturated heterocycles. The molecule has 0 aliphatic rings. The van der Waals surface area contributed by atoms with E-state index < -0.39 is 5.97 Å². The first-order chi connectivity index (χ1) is 9.66. The number of halogens is 1. The van der Waals surface area contributed by atoms with E-state index in [4.69, 9.17) is 0 Å². The fraction of sp³-hybridized carbons (Fsp3) is 0.0625. The maximum atomic E-state index is 11.4.